The third-order valence-corrected chi connectivity index (χ3v) is 5.06. The molecule has 1 spiro atoms. The summed E-state index contributed by atoms with van der Waals surface area (Å²) in [4.78, 5) is 0. The van der Waals surface area contributed by atoms with E-state index in [9.17, 15) is 0 Å². The highest BCUT2D eigenvalue weighted by Crippen LogP contribution is 2.62. The molecule has 82 valence electrons. The zero-order chi connectivity index (χ0) is 10.4. The van der Waals surface area contributed by atoms with E-state index in [1.807, 2.05) is 0 Å². The lowest BCUT2D eigenvalue weighted by atomic mass is 9.99. The molecule has 1 saturated carbocycles. The Morgan fingerprint density at radius 2 is 2.07 bits per heavy atom. The van der Waals surface area contributed by atoms with Crippen molar-refractivity contribution in [2.24, 2.45) is 11.3 Å². The molecule has 2 heteroatoms. The average molecular weight is 213 g/mol. The smallest absolute Gasteiger partial charge is 0.00966 e. The van der Waals surface area contributed by atoms with Gasteiger partial charge in [-0.05, 0) is 57.2 Å². The van der Waals surface area contributed by atoms with Crippen LogP contribution in [0.15, 0.2) is 0 Å². The molecule has 0 bridgehead atoms. The summed E-state index contributed by atoms with van der Waals surface area (Å²) in [6.07, 6.45) is 2.95. The highest BCUT2D eigenvalue weighted by molar-refractivity contribution is 8.00. The molecule has 2 rings (SSSR count). The van der Waals surface area contributed by atoms with Gasteiger partial charge in [0, 0.05) is 10.8 Å². The van der Waals surface area contributed by atoms with Gasteiger partial charge in [0.15, 0.2) is 0 Å². The first kappa shape index (κ1) is 10.8. The van der Waals surface area contributed by atoms with E-state index in [0.717, 1.165) is 16.6 Å². The molecule has 0 aromatic heterocycles. The highest BCUT2D eigenvalue weighted by atomic mass is 32.2. The lowest BCUT2D eigenvalue weighted by Gasteiger charge is -2.21. The van der Waals surface area contributed by atoms with Gasteiger partial charge in [-0.15, -0.1) is 0 Å². The van der Waals surface area contributed by atoms with Crippen molar-refractivity contribution in [1.82, 2.24) is 5.32 Å². The summed E-state index contributed by atoms with van der Waals surface area (Å²) >= 11 is 2.18. The quantitative estimate of drug-likeness (QED) is 0.757. The van der Waals surface area contributed by atoms with Gasteiger partial charge < -0.3 is 5.32 Å². The van der Waals surface area contributed by atoms with Crippen molar-refractivity contribution in [1.29, 1.82) is 0 Å². The topological polar surface area (TPSA) is 12.0 Å². The zero-order valence-corrected chi connectivity index (χ0v) is 10.7. The van der Waals surface area contributed by atoms with Crippen molar-refractivity contribution >= 4 is 11.8 Å². The van der Waals surface area contributed by atoms with E-state index in [1.165, 1.54) is 25.1 Å². The summed E-state index contributed by atoms with van der Waals surface area (Å²) in [5.41, 5.74) is 1.05. The first-order chi connectivity index (χ1) is 6.41. The molecule has 0 radical (unpaired) electrons. The first-order valence-electron chi connectivity index (χ1n) is 5.78. The molecule has 1 aliphatic carbocycles. The van der Waals surface area contributed by atoms with E-state index in [0.29, 0.717) is 5.54 Å². The molecule has 2 fully saturated rings. The average Bonchev–Trinajstić information content (AvgIpc) is 2.57. The lowest BCUT2D eigenvalue weighted by Crippen LogP contribution is -2.37. The standard InChI is InChI=1S/C12H23NS/c1-9-5-12(8-14-9)6-10(12)7-13-11(2,3)4/h9-10,13H,5-8H2,1-4H3. The van der Waals surface area contributed by atoms with Gasteiger partial charge in [0.05, 0.1) is 0 Å². The van der Waals surface area contributed by atoms with Gasteiger partial charge in [0.25, 0.3) is 0 Å². The van der Waals surface area contributed by atoms with Gasteiger partial charge in [-0.1, -0.05) is 6.92 Å². The maximum absolute atomic E-state index is 3.64. The largest absolute Gasteiger partial charge is 0.312 e. The van der Waals surface area contributed by atoms with E-state index in [1.54, 1.807) is 0 Å². The fourth-order valence-electron chi connectivity index (χ4n) is 2.58. The molecule has 14 heavy (non-hydrogen) atoms. The van der Waals surface area contributed by atoms with Crippen LogP contribution >= 0.6 is 11.8 Å². The molecule has 3 unspecified atom stereocenters. The SMILES string of the molecule is CC1CC2(CS1)CC2CNC(C)(C)C. The molecule has 1 aliphatic heterocycles. The van der Waals surface area contributed by atoms with Crippen LogP contribution in [0.1, 0.15) is 40.5 Å². The van der Waals surface area contributed by atoms with Gasteiger partial charge in [0.2, 0.25) is 0 Å². The molecule has 3 atom stereocenters. The second kappa shape index (κ2) is 3.41. The Morgan fingerprint density at radius 3 is 2.57 bits per heavy atom. The minimum atomic E-state index is 0.293. The number of thioether (sulfide) groups is 1. The van der Waals surface area contributed by atoms with Gasteiger partial charge in [-0.2, -0.15) is 11.8 Å². The molecule has 1 nitrogen and oxygen atoms in total. The van der Waals surface area contributed by atoms with Crippen LogP contribution in [0.2, 0.25) is 0 Å². The van der Waals surface area contributed by atoms with Crippen molar-refractivity contribution in [3.63, 3.8) is 0 Å². The number of hydrogen-bond acceptors (Lipinski definition) is 2. The molecular weight excluding hydrogens is 190 g/mol. The minimum absolute atomic E-state index is 0.293. The maximum Gasteiger partial charge on any atom is 0.00966 e. The van der Waals surface area contributed by atoms with Crippen LogP contribution < -0.4 is 5.32 Å². The normalized spacial score (nSPS) is 42.0. The first-order valence-corrected chi connectivity index (χ1v) is 6.83. The van der Waals surface area contributed by atoms with Gasteiger partial charge >= 0.3 is 0 Å². The summed E-state index contributed by atoms with van der Waals surface area (Å²) in [6.45, 7) is 10.4. The molecule has 0 aromatic carbocycles. The van der Waals surface area contributed by atoms with Gasteiger partial charge in [-0.3, -0.25) is 0 Å². The minimum Gasteiger partial charge on any atom is -0.312 e. The fraction of sp³-hybridized carbons (Fsp3) is 1.00. The summed E-state index contributed by atoms with van der Waals surface area (Å²) < 4.78 is 0. The lowest BCUT2D eigenvalue weighted by molar-refractivity contribution is 0.387. The van der Waals surface area contributed by atoms with Crippen LogP contribution in [0.25, 0.3) is 0 Å². The second-order valence-corrected chi connectivity index (χ2v) is 7.65. The van der Waals surface area contributed by atoms with E-state index in [-0.39, 0.29) is 0 Å². The third-order valence-electron chi connectivity index (χ3n) is 3.59. The van der Waals surface area contributed by atoms with Crippen LogP contribution in [0.3, 0.4) is 0 Å². The van der Waals surface area contributed by atoms with E-state index in [2.05, 4.69) is 44.8 Å². The number of hydrogen-bond donors (Lipinski definition) is 1. The molecular formula is C12H23NS. The Morgan fingerprint density at radius 1 is 1.36 bits per heavy atom. The molecule has 0 amide bonds. The predicted molar refractivity (Wildman–Crippen MR) is 64.8 cm³/mol. The summed E-state index contributed by atoms with van der Waals surface area (Å²) in [5, 5.41) is 4.55. The fourth-order valence-corrected chi connectivity index (χ4v) is 4.11. The van der Waals surface area contributed by atoms with Crippen molar-refractivity contribution in [3.05, 3.63) is 0 Å². The van der Waals surface area contributed by atoms with E-state index in [4.69, 9.17) is 0 Å². The Labute approximate surface area is 92.4 Å². The molecule has 1 heterocycles. The van der Waals surface area contributed by atoms with Crippen LogP contribution in [0, 0.1) is 11.3 Å². The highest BCUT2D eigenvalue weighted by Gasteiger charge is 2.56. The van der Waals surface area contributed by atoms with Gasteiger partial charge in [0.1, 0.15) is 0 Å². The van der Waals surface area contributed by atoms with Crippen molar-refractivity contribution in [2.75, 3.05) is 12.3 Å². The Kier molecular flexibility index (Phi) is 2.64. The van der Waals surface area contributed by atoms with Crippen molar-refractivity contribution in [3.8, 4) is 0 Å². The summed E-state index contributed by atoms with van der Waals surface area (Å²) in [7, 11) is 0. The monoisotopic (exact) mass is 213 g/mol. The van der Waals surface area contributed by atoms with E-state index < -0.39 is 0 Å². The number of rotatable bonds is 2. The van der Waals surface area contributed by atoms with E-state index >= 15 is 0 Å². The van der Waals surface area contributed by atoms with Crippen LogP contribution in [0.4, 0.5) is 0 Å². The molecule has 0 aromatic rings. The van der Waals surface area contributed by atoms with Gasteiger partial charge in [-0.25, -0.2) is 0 Å². The van der Waals surface area contributed by atoms with Crippen LogP contribution in [0.5, 0.6) is 0 Å². The van der Waals surface area contributed by atoms with Crippen LogP contribution in [-0.4, -0.2) is 23.1 Å². The Balaban J connectivity index is 1.77. The molecule has 1 saturated heterocycles. The van der Waals surface area contributed by atoms with Crippen molar-refractivity contribution in [2.45, 2.75) is 51.3 Å². The van der Waals surface area contributed by atoms with Crippen LogP contribution in [-0.2, 0) is 0 Å². The predicted octanol–water partition coefficient (Wildman–Crippen LogP) is 2.91. The Bertz CT molecular complexity index is 221. The summed E-state index contributed by atoms with van der Waals surface area (Å²) in [6, 6.07) is 0. The maximum atomic E-state index is 3.64. The van der Waals surface area contributed by atoms with Crippen molar-refractivity contribution < 1.29 is 0 Å². The molecule has 1 N–H and O–H groups in total. The third kappa shape index (κ3) is 2.27. The molecule has 2 aliphatic rings. The number of nitrogens with one attached hydrogen (secondary N) is 1. The zero-order valence-electron chi connectivity index (χ0n) is 9.89. The summed E-state index contributed by atoms with van der Waals surface area (Å²) in [5.74, 6) is 2.39. The second-order valence-electron chi connectivity index (χ2n) is 6.22. The Hall–Kier alpha value is 0.310.